The third-order valence-corrected chi connectivity index (χ3v) is 3.02. The summed E-state index contributed by atoms with van der Waals surface area (Å²) in [7, 11) is 1.94. The van der Waals surface area contributed by atoms with E-state index < -0.39 is 0 Å². The molecule has 0 spiro atoms. The zero-order chi connectivity index (χ0) is 12.3. The number of halogens is 1. The molecule has 0 aliphatic heterocycles. The van der Waals surface area contributed by atoms with E-state index in [-0.39, 0.29) is 6.61 Å². The van der Waals surface area contributed by atoms with Crippen molar-refractivity contribution in [1.29, 1.82) is 0 Å². The van der Waals surface area contributed by atoms with Gasteiger partial charge in [0.05, 0.1) is 17.3 Å². The molecule has 1 N–H and O–H groups in total. The average Bonchev–Trinajstić information content (AvgIpc) is 2.38. The maximum atomic E-state index is 9.35. The summed E-state index contributed by atoms with van der Waals surface area (Å²) in [4.78, 5) is 1.98. The molecular formula is C14H14ClNO. The molecule has 3 heteroatoms. The van der Waals surface area contributed by atoms with Crippen molar-refractivity contribution in [2.24, 2.45) is 0 Å². The highest BCUT2D eigenvalue weighted by molar-refractivity contribution is 6.33. The van der Waals surface area contributed by atoms with Crippen LogP contribution >= 0.6 is 11.6 Å². The minimum absolute atomic E-state index is 0.0208. The van der Waals surface area contributed by atoms with E-state index in [9.17, 15) is 5.11 Å². The molecule has 0 saturated heterocycles. The number of nitrogens with zero attached hydrogens (tertiary/aromatic N) is 1. The number of anilines is 2. The Morgan fingerprint density at radius 3 is 2.41 bits per heavy atom. The van der Waals surface area contributed by atoms with Gasteiger partial charge in [-0.05, 0) is 18.2 Å². The van der Waals surface area contributed by atoms with E-state index in [0.29, 0.717) is 5.02 Å². The average molecular weight is 248 g/mol. The van der Waals surface area contributed by atoms with Crippen LogP contribution in [0.15, 0.2) is 48.5 Å². The second-order valence-electron chi connectivity index (χ2n) is 3.80. The fraction of sp³-hybridized carbons (Fsp3) is 0.143. The summed E-state index contributed by atoms with van der Waals surface area (Å²) in [6.07, 6.45) is 0. The van der Waals surface area contributed by atoms with Crippen LogP contribution in [0.2, 0.25) is 5.02 Å². The van der Waals surface area contributed by atoms with Crippen molar-refractivity contribution in [2.45, 2.75) is 6.61 Å². The van der Waals surface area contributed by atoms with Crippen molar-refractivity contribution < 1.29 is 5.11 Å². The highest BCUT2D eigenvalue weighted by atomic mass is 35.5. The van der Waals surface area contributed by atoms with Gasteiger partial charge in [0.15, 0.2) is 0 Å². The van der Waals surface area contributed by atoms with Crippen LogP contribution < -0.4 is 4.90 Å². The smallest absolute Gasteiger partial charge is 0.0702 e. The predicted octanol–water partition coefficient (Wildman–Crippen LogP) is 3.60. The number of hydrogen-bond acceptors (Lipinski definition) is 2. The maximum absolute atomic E-state index is 9.35. The van der Waals surface area contributed by atoms with Gasteiger partial charge in [-0.2, -0.15) is 0 Å². The summed E-state index contributed by atoms with van der Waals surface area (Å²) in [6, 6.07) is 15.5. The topological polar surface area (TPSA) is 23.5 Å². The molecule has 0 bridgehead atoms. The van der Waals surface area contributed by atoms with Crippen LogP contribution in [-0.4, -0.2) is 12.2 Å². The van der Waals surface area contributed by atoms with Crippen molar-refractivity contribution >= 4 is 23.0 Å². The first-order chi connectivity index (χ1) is 8.24. The third kappa shape index (κ3) is 2.43. The highest BCUT2D eigenvalue weighted by Crippen LogP contribution is 2.33. The molecule has 2 aromatic rings. The predicted molar refractivity (Wildman–Crippen MR) is 71.9 cm³/mol. The molecule has 0 radical (unpaired) electrons. The Balaban J connectivity index is 2.47. The second kappa shape index (κ2) is 5.21. The molecule has 0 saturated carbocycles. The Bertz CT molecular complexity index is 499. The van der Waals surface area contributed by atoms with Gasteiger partial charge in [0, 0.05) is 18.3 Å². The van der Waals surface area contributed by atoms with Crippen LogP contribution in [0.5, 0.6) is 0 Å². The minimum atomic E-state index is -0.0208. The Hall–Kier alpha value is -1.51. The van der Waals surface area contributed by atoms with Crippen LogP contribution in [0.4, 0.5) is 11.4 Å². The summed E-state index contributed by atoms with van der Waals surface area (Å²) in [6.45, 7) is -0.0208. The molecular weight excluding hydrogens is 234 g/mol. The fourth-order valence-electron chi connectivity index (χ4n) is 1.84. The molecule has 0 aromatic heterocycles. The largest absolute Gasteiger partial charge is 0.392 e. The van der Waals surface area contributed by atoms with E-state index in [0.717, 1.165) is 16.9 Å². The molecule has 2 nitrogen and oxygen atoms in total. The number of aliphatic hydroxyl groups excluding tert-OH is 1. The number of para-hydroxylation sites is 2. The minimum Gasteiger partial charge on any atom is -0.392 e. The van der Waals surface area contributed by atoms with Gasteiger partial charge in [0.1, 0.15) is 0 Å². The van der Waals surface area contributed by atoms with Gasteiger partial charge in [0.25, 0.3) is 0 Å². The molecule has 0 aliphatic carbocycles. The lowest BCUT2D eigenvalue weighted by molar-refractivity contribution is 0.282. The van der Waals surface area contributed by atoms with Gasteiger partial charge < -0.3 is 10.0 Å². The van der Waals surface area contributed by atoms with Gasteiger partial charge >= 0.3 is 0 Å². The standard InChI is InChI=1S/C14H14ClNO/c1-16(12-7-3-2-4-8-12)14-11(10-17)6-5-9-13(14)15/h2-9,17H,10H2,1H3. The lowest BCUT2D eigenvalue weighted by atomic mass is 10.1. The first-order valence-electron chi connectivity index (χ1n) is 5.41. The van der Waals surface area contributed by atoms with Gasteiger partial charge in [0.2, 0.25) is 0 Å². The highest BCUT2D eigenvalue weighted by Gasteiger charge is 2.12. The summed E-state index contributed by atoms with van der Waals surface area (Å²) >= 11 is 6.20. The molecule has 88 valence electrons. The van der Waals surface area contributed by atoms with Crippen LogP contribution in [-0.2, 0) is 6.61 Å². The Morgan fingerprint density at radius 2 is 1.76 bits per heavy atom. The fourth-order valence-corrected chi connectivity index (χ4v) is 2.16. The van der Waals surface area contributed by atoms with Gasteiger partial charge in [-0.15, -0.1) is 0 Å². The van der Waals surface area contributed by atoms with Crippen molar-refractivity contribution in [2.75, 3.05) is 11.9 Å². The maximum Gasteiger partial charge on any atom is 0.0702 e. The summed E-state index contributed by atoms with van der Waals surface area (Å²) in [5, 5.41) is 9.99. The lowest BCUT2D eigenvalue weighted by Gasteiger charge is -2.23. The van der Waals surface area contributed by atoms with Crippen molar-refractivity contribution in [3.8, 4) is 0 Å². The van der Waals surface area contributed by atoms with Crippen LogP contribution in [0.25, 0.3) is 0 Å². The van der Waals surface area contributed by atoms with E-state index in [1.54, 1.807) is 0 Å². The normalized spacial score (nSPS) is 10.3. The molecule has 0 fully saturated rings. The Labute approximate surface area is 106 Å². The second-order valence-corrected chi connectivity index (χ2v) is 4.21. The van der Waals surface area contributed by atoms with Gasteiger partial charge in [-0.25, -0.2) is 0 Å². The molecule has 2 rings (SSSR count). The molecule has 0 atom stereocenters. The van der Waals surface area contributed by atoms with Crippen LogP contribution in [0.3, 0.4) is 0 Å². The van der Waals surface area contributed by atoms with Crippen molar-refractivity contribution in [3.05, 3.63) is 59.1 Å². The van der Waals surface area contributed by atoms with E-state index in [4.69, 9.17) is 11.6 Å². The van der Waals surface area contributed by atoms with Crippen molar-refractivity contribution in [1.82, 2.24) is 0 Å². The van der Waals surface area contributed by atoms with Crippen molar-refractivity contribution in [3.63, 3.8) is 0 Å². The SMILES string of the molecule is CN(c1ccccc1)c1c(Cl)cccc1CO. The molecule has 0 aliphatic rings. The number of rotatable bonds is 3. The zero-order valence-electron chi connectivity index (χ0n) is 9.60. The van der Waals surface area contributed by atoms with E-state index >= 15 is 0 Å². The number of aliphatic hydroxyl groups is 1. The van der Waals surface area contributed by atoms with E-state index in [1.807, 2.05) is 60.5 Å². The molecule has 0 amide bonds. The van der Waals surface area contributed by atoms with E-state index in [2.05, 4.69) is 0 Å². The molecule has 0 unspecified atom stereocenters. The zero-order valence-corrected chi connectivity index (χ0v) is 10.4. The Kier molecular flexibility index (Phi) is 3.67. The number of benzene rings is 2. The van der Waals surface area contributed by atoms with Crippen LogP contribution in [0.1, 0.15) is 5.56 Å². The molecule has 0 heterocycles. The quantitative estimate of drug-likeness (QED) is 0.896. The monoisotopic (exact) mass is 247 g/mol. The van der Waals surface area contributed by atoms with Gasteiger partial charge in [-0.1, -0.05) is 41.9 Å². The summed E-state index contributed by atoms with van der Waals surface area (Å²) < 4.78 is 0. The van der Waals surface area contributed by atoms with E-state index in [1.165, 1.54) is 0 Å². The number of hydrogen-bond donors (Lipinski definition) is 1. The third-order valence-electron chi connectivity index (χ3n) is 2.72. The van der Waals surface area contributed by atoms with Gasteiger partial charge in [-0.3, -0.25) is 0 Å². The van der Waals surface area contributed by atoms with Crippen LogP contribution in [0, 0.1) is 0 Å². The summed E-state index contributed by atoms with van der Waals surface area (Å²) in [5.74, 6) is 0. The Morgan fingerprint density at radius 1 is 1.06 bits per heavy atom. The first kappa shape index (κ1) is 12.0. The first-order valence-corrected chi connectivity index (χ1v) is 5.79. The lowest BCUT2D eigenvalue weighted by Crippen LogP contribution is -2.12. The molecule has 17 heavy (non-hydrogen) atoms. The summed E-state index contributed by atoms with van der Waals surface area (Å²) in [5.41, 5.74) is 2.71. The molecule has 2 aromatic carbocycles.